The summed E-state index contributed by atoms with van der Waals surface area (Å²) in [5.41, 5.74) is 6.48. The predicted molar refractivity (Wildman–Crippen MR) is 104 cm³/mol. The van der Waals surface area contributed by atoms with Gasteiger partial charge in [-0.05, 0) is 27.6 Å². The van der Waals surface area contributed by atoms with Crippen LogP contribution in [0.1, 0.15) is 5.56 Å². The van der Waals surface area contributed by atoms with Crippen molar-refractivity contribution in [3.63, 3.8) is 0 Å². The molecule has 0 fully saturated rings. The molecule has 0 radical (unpaired) electrons. The molecule has 1 nitrogen and oxygen atoms in total. The average Bonchev–Trinajstić information content (AvgIpc) is 3.18. The molecule has 1 aliphatic heterocycles. The Balaban J connectivity index is 1.98. The second-order valence-electron chi connectivity index (χ2n) is 6.43. The molecule has 1 heterocycles. The third kappa shape index (κ3) is 2.24. The third-order valence-electron chi connectivity index (χ3n) is 4.99. The summed E-state index contributed by atoms with van der Waals surface area (Å²) < 4.78 is 6.06. The Labute approximate surface area is 147 Å². The summed E-state index contributed by atoms with van der Waals surface area (Å²) in [4.78, 5) is 0. The second-order valence-corrected chi connectivity index (χ2v) is 6.43. The van der Waals surface area contributed by atoms with E-state index < -0.39 is 0 Å². The van der Waals surface area contributed by atoms with Gasteiger partial charge in [0, 0.05) is 17.4 Å². The van der Waals surface area contributed by atoms with E-state index in [9.17, 15) is 0 Å². The van der Waals surface area contributed by atoms with E-state index >= 15 is 0 Å². The molecular formula is C24H18O. The van der Waals surface area contributed by atoms with Gasteiger partial charge in [0.15, 0.2) is 0 Å². The van der Waals surface area contributed by atoms with E-state index in [1.807, 2.05) is 0 Å². The van der Waals surface area contributed by atoms with Crippen molar-refractivity contribution in [2.75, 3.05) is 6.61 Å². The summed E-state index contributed by atoms with van der Waals surface area (Å²) in [6.45, 7) is 0.761. The summed E-state index contributed by atoms with van der Waals surface area (Å²) in [5.74, 6) is 1.06. The van der Waals surface area contributed by atoms with Gasteiger partial charge in [-0.3, -0.25) is 0 Å². The quantitative estimate of drug-likeness (QED) is 0.433. The fourth-order valence-electron chi connectivity index (χ4n) is 3.95. The maximum atomic E-state index is 6.06. The van der Waals surface area contributed by atoms with Crippen molar-refractivity contribution >= 4 is 10.8 Å². The molecular weight excluding hydrogens is 304 g/mol. The molecule has 25 heavy (non-hydrogen) atoms. The molecule has 0 atom stereocenters. The van der Waals surface area contributed by atoms with Gasteiger partial charge in [-0.15, -0.1) is 0 Å². The molecule has 0 aromatic heterocycles. The van der Waals surface area contributed by atoms with E-state index in [1.165, 1.54) is 38.6 Å². The summed E-state index contributed by atoms with van der Waals surface area (Å²) in [7, 11) is 0. The lowest BCUT2D eigenvalue weighted by Gasteiger charge is -2.18. The van der Waals surface area contributed by atoms with Crippen molar-refractivity contribution in [1.82, 2.24) is 0 Å². The van der Waals surface area contributed by atoms with Crippen LogP contribution < -0.4 is 4.74 Å². The number of fused-ring (bicyclic) bond motifs is 3. The lowest BCUT2D eigenvalue weighted by atomic mass is 9.85. The average molecular weight is 322 g/mol. The van der Waals surface area contributed by atoms with Gasteiger partial charge in [0.2, 0.25) is 0 Å². The summed E-state index contributed by atoms with van der Waals surface area (Å²) >= 11 is 0. The first-order chi connectivity index (χ1) is 12.4. The monoisotopic (exact) mass is 322 g/mol. The van der Waals surface area contributed by atoms with Gasteiger partial charge in [0.05, 0.1) is 6.61 Å². The Morgan fingerprint density at radius 1 is 0.560 bits per heavy atom. The molecule has 0 N–H and O–H groups in total. The minimum atomic E-state index is 0.761. The van der Waals surface area contributed by atoms with E-state index in [4.69, 9.17) is 4.74 Å². The van der Waals surface area contributed by atoms with Crippen LogP contribution in [0.4, 0.5) is 0 Å². The van der Waals surface area contributed by atoms with Gasteiger partial charge in [-0.1, -0.05) is 84.9 Å². The van der Waals surface area contributed by atoms with E-state index in [1.54, 1.807) is 0 Å². The first kappa shape index (κ1) is 14.3. The summed E-state index contributed by atoms with van der Waals surface area (Å²) in [6.07, 6.45) is 0.963. The molecule has 4 aromatic rings. The van der Waals surface area contributed by atoms with Crippen LogP contribution in [0.25, 0.3) is 33.0 Å². The van der Waals surface area contributed by atoms with Crippen LogP contribution in [0.5, 0.6) is 5.75 Å². The Bertz CT molecular complexity index is 1050. The van der Waals surface area contributed by atoms with Gasteiger partial charge < -0.3 is 4.74 Å². The number of hydrogen-bond donors (Lipinski definition) is 0. The van der Waals surface area contributed by atoms with Crippen molar-refractivity contribution in [3.05, 3.63) is 90.5 Å². The highest BCUT2D eigenvalue weighted by Crippen LogP contribution is 2.48. The highest BCUT2D eigenvalue weighted by molar-refractivity contribution is 6.09. The second kappa shape index (κ2) is 5.78. The summed E-state index contributed by atoms with van der Waals surface area (Å²) in [6, 6.07) is 30.0. The lowest BCUT2D eigenvalue weighted by Crippen LogP contribution is -1.93. The number of ether oxygens (including phenoxy) is 1. The zero-order chi connectivity index (χ0) is 16.6. The molecule has 1 aliphatic rings. The van der Waals surface area contributed by atoms with E-state index in [0.29, 0.717) is 0 Å². The Kier molecular flexibility index (Phi) is 3.31. The van der Waals surface area contributed by atoms with Crippen LogP contribution in [0.15, 0.2) is 84.9 Å². The van der Waals surface area contributed by atoms with E-state index in [-0.39, 0.29) is 0 Å². The molecule has 4 aromatic carbocycles. The van der Waals surface area contributed by atoms with Gasteiger partial charge in [-0.2, -0.15) is 0 Å². The van der Waals surface area contributed by atoms with Crippen molar-refractivity contribution in [2.24, 2.45) is 0 Å². The molecule has 0 unspecified atom stereocenters. The van der Waals surface area contributed by atoms with Gasteiger partial charge in [0.1, 0.15) is 5.75 Å². The van der Waals surface area contributed by atoms with Crippen LogP contribution >= 0.6 is 0 Å². The van der Waals surface area contributed by atoms with Crippen molar-refractivity contribution in [1.29, 1.82) is 0 Å². The minimum absolute atomic E-state index is 0.761. The zero-order valence-electron chi connectivity index (χ0n) is 13.9. The number of benzene rings is 4. The summed E-state index contributed by atoms with van der Waals surface area (Å²) in [5, 5.41) is 2.47. The Morgan fingerprint density at radius 3 is 1.80 bits per heavy atom. The van der Waals surface area contributed by atoms with Crippen LogP contribution in [0.2, 0.25) is 0 Å². The van der Waals surface area contributed by atoms with Crippen LogP contribution in [-0.2, 0) is 6.42 Å². The smallest absolute Gasteiger partial charge is 0.131 e. The lowest BCUT2D eigenvalue weighted by molar-refractivity contribution is 0.360. The topological polar surface area (TPSA) is 9.23 Å². The largest absolute Gasteiger partial charge is 0.492 e. The molecule has 0 saturated carbocycles. The predicted octanol–water partition coefficient (Wildman–Crippen LogP) is 6.11. The van der Waals surface area contributed by atoms with Crippen molar-refractivity contribution in [2.45, 2.75) is 6.42 Å². The highest BCUT2D eigenvalue weighted by atomic mass is 16.5. The SMILES string of the molecule is c1ccc(-c2c3c(c4ccccc4c2-c2ccccc2)OCC3)cc1. The molecule has 0 amide bonds. The maximum absolute atomic E-state index is 6.06. The fourth-order valence-corrected chi connectivity index (χ4v) is 3.95. The maximum Gasteiger partial charge on any atom is 0.131 e. The van der Waals surface area contributed by atoms with Crippen molar-refractivity contribution in [3.8, 4) is 28.0 Å². The highest BCUT2D eigenvalue weighted by Gasteiger charge is 2.25. The molecule has 0 saturated heterocycles. The fraction of sp³-hybridized carbons (Fsp3) is 0.0833. The van der Waals surface area contributed by atoms with Crippen LogP contribution in [-0.4, -0.2) is 6.61 Å². The molecule has 0 aliphatic carbocycles. The third-order valence-corrected chi connectivity index (χ3v) is 4.99. The molecule has 0 bridgehead atoms. The van der Waals surface area contributed by atoms with Crippen LogP contribution in [0.3, 0.4) is 0 Å². The van der Waals surface area contributed by atoms with Gasteiger partial charge in [0.25, 0.3) is 0 Å². The number of hydrogen-bond acceptors (Lipinski definition) is 1. The first-order valence-corrected chi connectivity index (χ1v) is 8.75. The standard InChI is InChI=1S/C24H18O/c1-3-9-17(10-4-1)22-19-13-7-8-14-20(19)24-21(15-16-25-24)23(22)18-11-5-2-6-12-18/h1-14H,15-16H2. The molecule has 1 heteroatoms. The Morgan fingerprint density at radius 2 is 1.12 bits per heavy atom. The zero-order valence-corrected chi connectivity index (χ0v) is 13.9. The minimum Gasteiger partial charge on any atom is -0.492 e. The van der Waals surface area contributed by atoms with E-state index in [2.05, 4.69) is 84.9 Å². The van der Waals surface area contributed by atoms with Gasteiger partial charge >= 0.3 is 0 Å². The number of rotatable bonds is 2. The van der Waals surface area contributed by atoms with Crippen LogP contribution in [0, 0.1) is 0 Å². The van der Waals surface area contributed by atoms with Gasteiger partial charge in [-0.25, -0.2) is 0 Å². The van der Waals surface area contributed by atoms with Crippen molar-refractivity contribution < 1.29 is 4.74 Å². The normalized spacial score (nSPS) is 12.8. The Hall–Kier alpha value is -3.06. The molecule has 5 rings (SSSR count). The van der Waals surface area contributed by atoms with E-state index in [0.717, 1.165) is 18.8 Å². The first-order valence-electron chi connectivity index (χ1n) is 8.75. The molecule has 120 valence electrons. The molecule has 0 spiro atoms.